The van der Waals surface area contributed by atoms with Crippen LogP contribution in [-0.4, -0.2) is 49.0 Å². The Balaban J connectivity index is 1.54. The van der Waals surface area contributed by atoms with Crippen molar-refractivity contribution in [2.45, 2.75) is 25.5 Å². The van der Waals surface area contributed by atoms with Crippen molar-refractivity contribution in [1.29, 1.82) is 0 Å². The van der Waals surface area contributed by atoms with Gasteiger partial charge >= 0.3 is 0 Å². The third-order valence-corrected chi connectivity index (χ3v) is 5.79. The second kappa shape index (κ2) is 8.49. The molecule has 1 aromatic carbocycles. The summed E-state index contributed by atoms with van der Waals surface area (Å²) in [6.45, 7) is 1.22. The number of hydrogen-bond acceptors (Lipinski definition) is 5. The molecule has 0 atom stereocenters. The number of nitrogens with zero attached hydrogens (tertiary/aromatic N) is 2. The Kier molecular flexibility index (Phi) is 6.08. The van der Waals surface area contributed by atoms with Crippen LogP contribution in [0.2, 0.25) is 0 Å². The number of sulfonamides is 1. The third kappa shape index (κ3) is 5.51. The highest BCUT2D eigenvalue weighted by Gasteiger charge is 2.26. The Morgan fingerprint density at radius 1 is 1.22 bits per heavy atom. The van der Waals surface area contributed by atoms with Gasteiger partial charge in [-0.2, -0.15) is 0 Å². The summed E-state index contributed by atoms with van der Waals surface area (Å²) in [5, 5.41) is 2.96. The van der Waals surface area contributed by atoms with E-state index in [0.29, 0.717) is 44.0 Å². The van der Waals surface area contributed by atoms with Gasteiger partial charge in [0.2, 0.25) is 15.9 Å². The molecular formula is C19H23N3O4S. The predicted octanol–water partition coefficient (Wildman–Crippen LogP) is 1.81. The SMILES string of the molecule is CS(=O)(=O)N1CCC(NC(=O)c2ccnc(OCc3ccccc3)c2)CC1. The Hall–Kier alpha value is -2.45. The fraction of sp³-hybridized carbons (Fsp3) is 0.368. The fourth-order valence-electron chi connectivity index (χ4n) is 2.96. The molecule has 1 saturated heterocycles. The van der Waals surface area contributed by atoms with Crippen LogP contribution >= 0.6 is 0 Å². The van der Waals surface area contributed by atoms with Crippen LogP contribution in [0.4, 0.5) is 0 Å². The van der Waals surface area contributed by atoms with Crippen molar-refractivity contribution in [3.8, 4) is 5.88 Å². The number of piperidine rings is 1. The Morgan fingerprint density at radius 3 is 2.59 bits per heavy atom. The molecule has 0 unspecified atom stereocenters. The predicted molar refractivity (Wildman–Crippen MR) is 102 cm³/mol. The van der Waals surface area contributed by atoms with E-state index < -0.39 is 10.0 Å². The molecule has 1 aliphatic heterocycles. The van der Waals surface area contributed by atoms with Gasteiger partial charge < -0.3 is 10.1 Å². The molecule has 0 saturated carbocycles. The number of hydrogen-bond donors (Lipinski definition) is 1. The van der Waals surface area contributed by atoms with E-state index in [9.17, 15) is 13.2 Å². The zero-order valence-electron chi connectivity index (χ0n) is 15.2. The quantitative estimate of drug-likeness (QED) is 0.814. The highest BCUT2D eigenvalue weighted by Crippen LogP contribution is 2.15. The fourth-order valence-corrected chi connectivity index (χ4v) is 3.84. The van der Waals surface area contributed by atoms with Gasteiger partial charge in [0, 0.05) is 37.0 Å². The summed E-state index contributed by atoms with van der Waals surface area (Å²) in [5.74, 6) is 0.179. The maximum absolute atomic E-state index is 12.5. The molecule has 144 valence electrons. The topological polar surface area (TPSA) is 88.6 Å². The summed E-state index contributed by atoms with van der Waals surface area (Å²) in [4.78, 5) is 16.6. The maximum atomic E-state index is 12.5. The van der Waals surface area contributed by atoms with E-state index in [1.54, 1.807) is 18.3 Å². The molecule has 1 N–H and O–H groups in total. The average Bonchev–Trinajstić information content (AvgIpc) is 2.67. The molecular weight excluding hydrogens is 366 g/mol. The first-order valence-corrected chi connectivity index (χ1v) is 10.7. The van der Waals surface area contributed by atoms with Crippen molar-refractivity contribution in [2.75, 3.05) is 19.3 Å². The molecule has 27 heavy (non-hydrogen) atoms. The maximum Gasteiger partial charge on any atom is 0.251 e. The lowest BCUT2D eigenvalue weighted by Crippen LogP contribution is -2.46. The van der Waals surface area contributed by atoms with E-state index in [4.69, 9.17) is 4.74 Å². The van der Waals surface area contributed by atoms with E-state index in [1.807, 2.05) is 30.3 Å². The van der Waals surface area contributed by atoms with Crippen LogP contribution in [-0.2, 0) is 16.6 Å². The first kappa shape index (κ1) is 19.3. The number of aromatic nitrogens is 1. The van der Waals surface area contributed by atoms with Crippen molar-refractivity contribution in [3.63, 3.8) is 0 Å². The van der Waals surface area contributed by atoms with Crippen LogP contribution in [0.3, 0.4) is 0 Å². The molecule has 1 aromatic heterocycles. The third-order valence-electron chi connectivity index (χ3n) is 4.48. The minimum atomic E-state index is -3.17. The molecule has 1 fully saturated rings. The molecule has 0 aliphatic carbocycles. The molecule has 2 aromatic rings. The average molecular weight is 389 g/mol. The molecule has 7 nitrogen and oxygen atoms in total. The smallest absolute Gasteiger partial charge is 0.251 e. The van der Waals surface area contributed by atoms with E-state index in [1.165, 1.54) is 10.6 Å². The van der Waals surface area contributed by atoms with Gasteiger partial charge in [-0.05, 0) is 24.5 Å². The Morgan fingerprint density at radius 2 is 1.93 bits per heavy atom. The molecule has 1 amide bonds. The lowest BCUT2D eigenvalue weighted by Gasteiger charge is -2.30. The van der Waals surface area contributed by atoms with Crippen LogP contribution in [0, 0.1) is 0 Å². The normalized spacial score (nSPS) is 16.0. The van der Waals surface area contributed by atoms with Crippen molar-refractivity contribution < 1.29 is 17.9 Å². The monoisotopic (exact) mass is 389 g/mol. The lowest BCUT2D eigenvalue weighted by atomic mass is 10.1. The molecule has 3 rings (SSSR count). The standard InChI is InChI=1S/C19H23N3O4S/c1-27(24,25)22-11-8-17(9-12-22)21-19(23)16-7-10-20-18(13-16)26-14-15-5-3-2-4-6-15/h2-7,10,13,17H,8-9,11-12,14H2,1H3,(H,21,23). The molecule has 0 bridgehead atoms. The molecule has 2 heterocycles. The number of benzene rings is 1. The number of nitrogens with one attached hydrogen (secondary N) is 1. The molecule has 1 aliphatic rings. The number of rotatable bonds is 6. The minimum Gasteiger partial charge on any atom is -0.473 e. The van der Waals surface area contributed by atoms with Crippen LogP contribution in [0.15, 0.2) is 48.7 Å². The van der Waals surface area contributed by atoms with Crippen molar-refractivity contribution in [2.24, 2.45) is 0 Å². The summed E-state index contributed by atoms with van der Waals surface area (Å²) in [6.07, 6.45) is 3.95. The first-order chi connectivity index (χ1) is 12.9. The van der Waals surface area contributed by atoms with Crippen LogP contribution in [0.25, 0.3) is 0 Å². The van der Waals surface area contributed by atoms with E-state index in [-0.39, 0.29) is 11.9 Å². The number of ether oxygens (including phenoxy) is 1. The molecule has 8 heteroatoms. The van der Waals surface area contributed by atoms with Crippen molar-refractivity contribution in [3.05, 3.63) is 59.8 Å². The summed E-state index contributed by atoms with van der Waals surface area (Å²) in [5.41, 5.74) is 1.49. The van der Waals surface area contributed by atoms with E-state index in [0.717, 1.165) is 5.56 Å². The van der Waals surface area contributed by atoms with Crippen molar-refractivity contribution in [1.82, 2.24) is 14.6 Å². The van der Waals surface area contributed by atoms with Gasteiger partial charge in [-0.25, -0.2) is 17.7 Å². The second-order valence-corrected chi connectivity index (χ2v) is 8.55. The van der Waals surface area contributed by atoms with Gasteiger partial charge in [0.15, 0.2) is 0 Å². The Labute approximate surface area is 159 Å². The first-order valence-electron chi connectivity index (χ1n) is 8.80. The van der Waals surface area contributed by atoms with Gasteiger partial charge in [0.1, 0.15) is 6.61 Å². The van der Waals surface area contributed by atoms with Gasteiger partial charge in [-0.1, -0.05) is 30.3 Å². The molecule has 0 spiro atoms. The van der Waals surface area contributed by atoms with Gasteiger partial charge in [-0.15, -0.1) is 0 Å². The molecule has 0 radical (unpaired) electrons. The van der Waals surface area contributed by atoms with Crippen LogP contribution in [0.5, 0.6) is 5.88 Å². The number of carbonyl (C=O) groups excluding carboxylic acids is 1. The minimum absolute atomic E-state index is 0.0441. The van der Waals surface area contributed by atoms with E-state index >= 15 is 0 Å². The highest BCUT2D eigenvalue weighted by atomic mass is 32.2. The number of amides is 1. The lowest BCUT2D eigenvalue weighted by molar-refractivity contribution is 0.0923. The van der Waals surface area contributed by atoms with Crippen molar-refractivity contribution >= 4 is 15.9 Å². The van der Waals surface area contributed by atoms with Gasteiger partial charge in [0.25, 0.3) is 5.91 Å². The summed E-state index contributed by atoms with van der Waals surface area (Å²) < 4.78 is 30.2. The highest BCUT2D eigenvalue weighted by molar-refractivity contribution is 7.88. The summed E-state index contributed by atoms with van der Waals surface area (Å²) in [7, 11) is -3.17. The zero-order valence-corrected chi connectivity index (χ0v) is 16.0. The van der Waals surface area contributed by atoms with Gasteiger partial charge in [-0.3, -0.25) is 4.79 Å². The van der Waals surface area contributed by atoms with Crippen LogP contribution in [0.1, 0.15) is 28.8 Å². The zero-order chi connectivity index (χ0) is 19.3. The van der Waals surface area contributed by atoms with E-state index in [2.05, 4.69) is 10.3 Å². The Bertz CT molecular complexity index is 879. The summed E-state index contributed by atoms with van der Waals surface area (Å²) in [6, 6.07) is 12.9. The number of pyridine rings is 1. The number of carbonyl (C=O) groups is 1. The largest absolute Gasteiger partial charge is 0.473 e. The van der Waals surface area contributed by atoms with Gasteiger partial charge in [0.05, 0.1) is 6.26 Å². The van der Waals surface area contributed by atoms with Crippen LogP contribution < -0.4 is 10.1 Å². The second-order valence-electron chi connectivity index (χ2n) is 6.57. The summed E-state index contributed by atoms with van der Waals surface area (Å²) >= 11 is 0.